The highest BCUT2D eigenvalue weighted by Gasteiger charge is 2.22. The number of amides is 2. The van der Waals surface area contributed by atoms with Gasteiger partial charge in [-0.15, -0.1) is 0 Å². The van der Waals surface area contributed by atoms with Crippen LogP contribution in [0.1, 0.15) is 26.2 Å². The molecule has 14 heavy (non-hydrogen) atoms. The Balaban J connectivity index is 2.25. The Bertz CT molecular complexity index is 230. The van der Waals surface area contributed by atoms with Crippen molar-refractivity contribution < 1.29 is 9.59 Å². The normalized spacial score (nSPS) is 23.2. The van der Waals surface area contributed by atoms with Gasteiger partial charge in [0.1, 0.15) is 0 Å². The first-order valence-corrected chi connectivity index (χ1v) is 4.95. The third-order valence-electron chi connectivity index (χ3n) is 2.45. The quantitative estimate of drug-likeness (QED) is 0.537. The summed E-state index contributed by atoms with van der Waals surface area (Å²) >= 11 is 0. The molecule has 1 saturated heterocycles. The van der Waals surface area contributed by atoms with Crippen LogP contribution in [-0.2, 0) is 9.59 Å². The van der Waals surface area contributed by atoms with E-state index in [0.29, 0.717) is 19.4 Å². The Morgan fingerprint density at radius 2 is 2.50 bits per heavy atom. The van der Waals surface area contributed by atoms with Crippen LogP contribution in [0.3, 0.4) is 0 Å². The first-order valence-electron chi connectivity index (χ1n) is 4.95. The number of carbonyl (C=O) groups is 2. The largest absolute Gasteiger partial charge is 0.368 e. The molecule has 5 nitrogen and oxygen atoms in total. The van der Waals surface area contributed by atoms with Gasteiger partial charge in [-0.3, -0.25) is 9.59 Å². The number of primary amides is 1. The summed E-state index contributed by atoms with van der Waals surface area (Å²) in [4.78, 5) is 21.7. The van der Waals surface area contributed by atoms with Crippen molar-refractivity contribution in [3.05, 3.63) is 0 Å². The number of hydrogen-bond acceptors (Lipinski definition) is 3. The third-order valence-corrected chi connectivity index (χ3v) is 2.45. The van der Waals surface area contributed by atoms with Gasteiger partial charge in [-0.2, -0.15) is 0 Å². The van der Waals surface area contributed by atoms with E-state index in [4.69, 9.17) is 5.73 Å². The predicted octanol–water partition coefficient (Wildman–Crippen LogP) is -0.881. The standard InChI is InChI=1S/C9H17N3O2/c1-2-7(9(10)14)11-5-6-3-4-8(13)12-6/h6-7,11H,2-5H2,1H3,(H2,10,14)(H,12,13). The zero-order chi connectivity index (χ0) is 10.6. The summed E-state index contributed by atoms with van der Waals surface area (Å²) in [5.74, 6) is -0.249. The van der Waals surface area contributed by atoms with E-state index in [1.807, 2.05) is 6.92 Å². The lowest BCUT2D eigenvalue weighted by atomic mass is 10.2. The monoisotopic (exact) mass is 199 g/mol. The van der Waals surface area contributed by atoms with E-state index in [2.05, 4.69) is 10.6 Å². The summed E-state index contributed by atoms with van der Waals surface area (Å²) in [5, 5.41) is 5.86. The fraction of sp³-hybridized carbons (Fsp3) is 0.778. The molecule has 0 spiro atoms. The number of carbonyl (C=O) groups excluding carboxylic acids is 2. The smallest absolute Gasteiger partial charge is 0.234 e. The fourth-order valence-corrected chi connectivity index (χ4v) is 1.56. The van der Waals surface area contributed by atoms with E-state index < -0.39 is 0 Å². The molecule has 2 atom stereocenters. The summed E-state index contributed by atoms with van der Waals surface area (Å²) in [6, 6.07) is -0.136. The van der Waals surface area contributed by atoms with Gasteiger partial charge in [-0.1, -0.05) is 6.92 Å². The van der Waals surface area contributed by atoms with Crippen LogP contribution in [-0.4, -0.2) is 30.4 Å². The SMILES string of the molecule is CCC(NCC1CCC(=O)N1)C(N)=O. The Kier molecular flexibility index (Phi) is 3.88. The summed E-state index contributed by atoms with van der Waals surface area (Å²) in [7, 11) is 0. The van der Waals surface area contributed by atoms with Crippen molar-refractivity contribution in [2.75, 3.05) is 6.54 Å². The molecule has 1 fully saturated rings. The van der Waals surface area contributed by atoms with Gasteiger partial charge < -0.3 is 16.4 Å². The van der Waals surface area contributed by atoms with Gasteiger partial charge in [0.25, 0.3) is 0 Å². The number of hydrogen-bond donors (Lipinski definition) is 3. The van der Waals surface area contributed by atoms with Gasteiger partial charge in [0, 0.05) is 19.0 Å². The van der Waals surface area contributed by atoms with Gasteiger partial charge in [0.2, 0.25) is 11.8 Å². The molecule has 2 unspecified atom stereocenters. The average Bonchev–Trinajstić information content (AvgIpc) is 2.52. The van der Waals surface area contributed by atoms with E-state index in [9.17, 15) is 9.59 Å². The molecular formula is C9H17N3O2. The molecule has 0 aromatic rings. The maximum atomic E-state index is 10.9. The van der Waals surface area contributed by atoms with Crippen molar-refractivity contribution in [1.82, 2.24) is 10.6 Å². The highest BCUT2D eigenvalue weighted by atomic mass is 16.2. The first kappa shape index (κ1) is 11.0. The number of rotatable bonds is 5. The molecule has 1 heterocycles. The second kappa shape index (κ2) is 4.95. The molecule has 0 bridgehead atoms. The van der Waals surface area contributed by atoms with Crippen LogP contribution in [0, 0.1) is 0 Å². The summed E-state index contributed by atoms with van der Waals surface area (Å²) in [5.41, 5.74) is 5.17. The fourth-order valence-electron chi connectivity index (χ4n) is 1.56. The van der Waals surface area contributed by atoms with Gasteiger partial charge in [0.15, 0.2) is 0 Å². The second-order valence-corrected chi connectivity index (χ2v) is 3.57. The minimum atomic E-state index is -0.336. The topological polar surface area (TPSA) is 84.2 Å². The van der Waals surface area contributed by atoms with Crippen molar-refractivity contribution in [2.24, 2.45) is 5.73 Å². The molecule has 1 rings (SSSR count). The highest BCUT2D eigenvalue weighted by molar-refractivity contribution is 5.80. The van der Waals surface area contributed by atoms with Gasteiger partial charge in [-0.05, 0) is 12.8 Å². The molecule has 0 saturated carbocycles. The van der Waals surface area contributed by atoms with Crippen molar-refractivity contribution in [3.8, 4) is 0 Å². The van der Waals surface area contributed by atoms with Crippen molar-refractivity contribution in [2.45, 2.75) is 38.3 Å². The summed E-state index contributed by atoms with van der Waals surface area (Å²) < 4.78 is 0. The average molecular weight is 199 g/mol. The molecule has 1 aliphatic rings. The molecule has 0 aromatic carbocycles. The number of nitrogens with one attached hydrogen (secondary N) is 2. The third kappa shape index (κ3) is 2.99. The Morgan fingerprint density at radius 1 is 1.79 bits per heavy atom. The maximum Gasteiger partial charge on any atom is 0.234 e. The molecule has 2 amide bonds. The zero-order valence-electron chi connectivity index (χ0n) is 8.38. The van der Waals surface area contributed by atoms with Crippen molar-refractivity contribution >= 4 is 11.8 Å². The molecule has 5 heteroatoms. The molecule has 0 aliphatic carbocycles. The van der Waals surface area contributed by atoms with E-state index in [1.54, 1.807) is 0 Å². The van der Waals surface area contributed by atoms with Gasteiger partial charge in [0.05, 0.1) is 6.04 Å². The van der Waals surface area contributed by atoms with Crippen LogP contribution in [0.2, 0.25) is 0 Å². The maximum absolute atomic E-state index is 10.9. The lowest BCUT2D eigenvalue weighted by Gasteiger charge is -2.16. The van der Waals surface area contributed by atoms with Crippen molar-refractivity contribution in [1.29, 1.82) is 0 Å². The lowest BCUT2D eigenvalue weighted by Crippen LogP contribution is -2.46. The minimum Gasteiger partial charge on any atom is -0.368 e. The van der Waals surface area contributed by atoms with E-state index in [-0.39, 0.29) is 23.9 Å². The van der Waals surface area contributed by atoms with Gasteiger partial charge in [-0.25, -0.2) is 0 Å². The summed E-state index contributed by atoms with van der Waals surface area (Å²) in [6.45, 7) is 2.52. The molecular weight excluding hydrogens is 182 g/mol. The van der Waals surface area contributed by atoms with Crippen LogP contribution in [0.15, 0.2) is 0 Å². The first-order chi connectivity index (χ1) is 6.63. The second-order valence-electron chi connectivity index (χ2n) is 3.57. The Labute approximate surface area is 83.4 Å². The lowest BCUT2D eigenvalue weighted by molar-refractivity contribution is -0.120. The van der Waals surface area contributed by atoms with Crippen LogP contribution in [0.4, 0.5) is 0 Å². The van der Waals surface area contributed by atoms with Crippen LogP contribution < -0.4 is 16.4 Å². The van der Waals surface area contributed by atoms with E-state index in [0.717, 1.165) is 6.42 Å². The molecule has 1 aliphatic heterocycles. The molecule has 0 radical (unpaired) electrons. The van der Waals surface area contributed by atoms with Gasteiger partial charge >= 0.3 is 0 Å². The van der Waals surface area contributed by atoms with Crippen LogP contribution in [0.5, 0.6) is 0 Å². The molecule has 4 N–H and O–H groups in total. The number of nitrogens with two attached hydrogens (primary N) is 1. The minimum absolute atomic E-state index is 0.0870. The Hall–Kier alpha value is -1.10. The molecule has 0 aromatic heterocycles. The predicted molar refractivity (Wildman–Crippen MR) is 52.4 cm³/mol. The Morgan fingerprint density at radius 3 is 2.93 bits per heavy atom. The van der Waals surface area contributed by atoms with E-state index in [1.165, 1.54) is 0 Å². The highest BCUT2D eigenvalue weighted by Crippen LogP contribution is 2.05. The van der Waals surface area contributed by atoms with E-state index >= 15 is 0 Å². The zero-order valence-corrected chi connectivity index (χ0v) is 8.38. The van der Waals surface area contributed by atoms with Crippen molar-refractivity contribution in [3.63, 3.8) is 0 Å². The molecule has 80 valence electrons. The summed E-state index contributed by atoms with van der Waals surface area (Å²) in [6.07, 6.45) is 2.09. The van der Waals surface area contributed by atoms with Crippen LogP contribution >= 0.6 is 0 Å². The van der Waals surface area contributed by atoms with Crippen LogP contribution in [0.25, 0.3) is 0 Å².